The van der Waals surface area contributed by atoms with Crippen molar-refractivity contribution in [2.75, 3.05) is 0 Å². The molecule has 0 fully saturated rings. The highest BCUT2D eigenvalue weighted by Crippen LogP contribution is 2.38. The van der Waals surface area contributed by atoms with Crippen LogP contribution >= 0.6 is 0 Å². The Balaban J connectivity index is 2.74. The Morgan fingerprint density at radius 1 is 1.16 bits per heavy atom. The van der Waals surface area contributed by atoms with Gasteiger partial charge in [-0.3, -0.25) is 4.79 Å². The summed E-state index contributed by atoms with van der Waals surface area (Å²) in [4.78, 5) is 10.6. The number of hydrogen-bond acceptors (Lipinski definition) is 3. The number of aliphatic hydroxyl groups excluding tert-OH is 1. The summed E-state index contributed by atoms with van der Waals surface area (Å²) in [5.41, 5.74) is 0. The number of hydrogen-bond donors (Lipinski definition) is 2. The van der Waals surface area contributed by atoms with Crippen molar-refractivity contribution in [2.24, 2.45) is 11.8 Å². The van der Waals surface area contributed by atoms with Crippen LogP contribution in [0.4, 0.5) is 0 Å². The quantitative estimate of drug-likeness (QED) is 0.172. The highest BCUT2D eigenvalue weighted by Gasteiger charge is 2.38. The first-order chi connectivity index (χ1) is 14.5. The van der Waals surface area contributed by atoms with Gasteiger partial charge in [-0.25, -0.2) is 0 Å². The first-order valence-electron chi connectivity index (χ1n) is 12.1. The zero-order valence-corrected chi connectivity index (χ0v) is 21.6. The molecule has 4 atom stereocenters. The molecule has 0 unspecified atom stereocenters. The molecular weight excluding hydrogens is 404 g/mol. The molecule has 178 valence electrons. The number of carboxylic acids is 1. The SMILES string of the molecule is CCCCC[C@@H](/C=C/[C@H]1C=C[C@H](O)[C@@H]1C/C=C\CCCC(=O)O)O[Si](C)(C)C(C)(C)C. The largest absolute Gasteiger partial charge is 0.481 e. The van der Waals surface area contributed by atoms with Crippen LogP contribution in [0.15, 0.2) is 36.5 Å². The number of aliphatic hydroxyl groups is 1. The van der Waals surface area contributed by atoms with Crippen LogP contribution in [0.2, 0.25) is 18.1 Å². The average Bonchev–Trinajstić information content (AvgIpc) is 3.01. The van der Waals surface area contributed by atoms with Crippen LogP contribution in [-0.4, -0.2) is 36.7 Å². The molecule has 0 bridgehead atoms. The van der Waals surface area contributed by atoms with Gasteiger partial charge in [-0.2, -0.15) is 0 Å². The van der Waals surface area contributed by atoms with Crippen molar-refractivity contribution in [3.63, 3.8) is 0 Å². The summed E-state index contributed by atoms with van der Waals surface area (Å²) >= 11 is 0. The third kappa shape index (κ3) is 10.3. The first-order valence-corrected chi connectivity index (χ1v) is 15.0. The zero-order valence-electron chi connectivity index (χ0n) is 20.6. The van der Waals surface area contributed by atoms with Crippen molar-refractivity contribution in [2.45, 2.75) is 109 Å². The number of rotatable bonds is 14. The molecule has 2 N–H and O–H groups in total. The summed E-state index contributed by atoms with van der Waals surface area (Å²) < 4.78 is 6.72. The van der Waals surface area contributed by atoms with Crippen LogP contribution in [0.5, 0.6) is 0 Å². The Morgan fingerprint density at radius 2 is 1.87 bits per heavy atom. The maximum absolute atomic E-state index is 10.6. The van der Waals surface area contributed by atoms with Crippen LogP contribution in [0.3, 0.4) is 0 Å². The fraction of sp³-hybridized carbons (Fsp3) is 0.731. The molecular formula is C26H46O4Si. The van der Waals surface area contributed by atoms with E-state index in [1.54, 1.807) is 0 Å². The number of carboxylic acid groups (broad SMARTS) is 1. The minimum absolute atomic E-state index is 0.130. The van der Waals surface area contributed by atoms with Gasteiger partial charge in [0.05, 0.1) is 12.2 Å². The summed E-state index contributed by atoms with van der Waals surface area (Å²) in [6.07, 6.45) is 19.4. The van der Waals surface area contributed by atoms with E-state index in [0.29, 0.717) is 6.42 Å². The molecule has 0 aromatic rings. The Morgan fingerprint density at radius 3 is 2.48 bits per heavy atom. The predicted molar refractivity (Wildman–Crippen MR) is 133 cm³/mol. The van der Waals surface area contributed by atoms with Gasteiger partial charge in [-0.1, -0.05) is 83.4 Å². The topological polar surface area (TPSA) is 66.8 Å². The van der Waals surface area contributed by atoms with Crippen molar-refractivity contribution in [1.29, 1.82) is 0 Å². The second kappa shape index (κ2) is 13.4. The molecule has 0 aromatic carbocycles. The average molecular weight is 451 g/mol. The van der Waals surface area contributed by atoms with Gasteiger partial charge >= 0.3 is 5.97 Å². The number of aliphatic carboxylic acids is 1. The first kappa shape index (κ1) is 27.9. The molecule has 0 spiro atoms. The summed E-state index contributed by atoms with van der Waals surface area (Å²) in [5.74, 6) is -0.408. The van der Waals surface area contributed by atoms with E-state index in [9.17, 15) is 9.90 Å². The lowest BCUT2D eigenvalue weighted by Gasteiger charge is -2.38. The molecule has 0 saturated heterocycles. The van der Waals surface area contributed by atoms with Crippen LogP contribution in [-0.2, 0) is 9.22 Å². The molecule has 1 aliphatic carbocycles. The van der Waals surface area contributed by atoms with Crippen molar-refractivity contribution in [1.82, 2.24) is 0 Å². The van der Waals surface area contributed by atoms with E-state index in [1.807, 2.05) is 12.2 Å². The van der Waals surface area contributed by atoms with Crippen LogP contribution in [0, 0.1) is 11.8 Å². The zero-order chi connectivity index (χ0) is 23.5. The van der Waals surface area contributed by atoms with Crippen molar-refractivity contribution < 1.29 is 19.4 Å². The van der Waals surface area contributed by atoms with E-state index >= 15 is 0 Å². The molecule has 0 saturated carbocycles. The lowest BCUT2D eigenvalue weighted by atomic mass is 9.89. The van der Waals surface area contributed by atoms with E-state index in [1.165, 1.54) is 19.3 Å². The van der Waals surface area contributed by atoms with Gasteiger partial charge in [0.1, 0.15) is 0 Å². The third-order valence-corrected chi connectivity index (χ3v) is 11.2. The fourth-order valence-electron chi connectivity index (χ4n) is 3.60. The number of allylic oxidation sites excluding steroid dienone is 4. The minimum Gasteiger partial charge on any atom is -0.481 e. The molecule has 0 aliphatic heterocycles. The Kier molecular flexibility index (Phi) is 12.0. The molecule has 0 heterocycles. The summed E-state index contributed by atoms with van der Waals surface area (Å²) in [6, 6.07) is 0. The third-order valence-electron chi connectivity index (χ3n) is 6.69. The maximum Gasteiger partial charge on any atom is 0.303 e. The second-order valence-corrected chi connectivity index (χ2v) is 15.2. The highest BCUT2D eigenvalue weighted by molar-refractivity contribution is 6.74. The van der Waals surface area contributed by atoms with Crippen LogP contribution in [0.25, 0.3) is 0 Å². The Hall–Kier alpha value is -1.17. The molecule has 0 radical (unpaired) electrons. The second-order valence-electron chi connectivity index (χ2n) is 10.4. The number of carbonyl (C=O) groups is 1. The fourth-order valence-corrected chi connectivity index (χ4v) is 4.91. The summed E-state index contributed by atoms with van der Waals surface area (Å²) in [5, 5.41) is 19.3. The minimum atomic E-state index is -1.85. The van der Waals surface area contributed by atoms with Gasteiger partial charge in [0, 0.05) is 18.3 Å². The molecule has 1 rings (SSSR count). The predicted octanol–water partition coefficient (Wildman–Crippen LogP) is 6.88. The van der Waals surface area contributed by atoms with Gasteiger partial charge in [0.25, 0.3) is 0 Å². The van der Waals surface area contributed by atoms with Gasteiger partial charge in [-0.15, -0.1) is 0 Å². The Bertz CT molecular complexity index is 615. The summed E-state index contributed by atoms with van der Waals surface area (Å²) in [6.45, 7) is 13.7. The molecule has 4 nitrogen and oxygen atoms in total. The van der Waals surface area contributed by atoms with E-state index < -0.39 is 20.4 Å². The molecule has 31 heavy (non-hydrogen) atoms. The van der Waals surface area contributed by atoms with Crippen molar-refractivity contribution in [3.05, 3.63) is 36.5 Å². The number of unbranched alkanes of at least 4 members (excludes halogenated alkanes) is 3. The standard InChI is InChI=1S/C26H46O4Si/c1-7-8-11-14-22(30-31(5,6)26(2,3)4)19-17-21-18-20-24(27)23(21)15-12-9-10-13-16-25(28)29/h9,12,17-24,27H,7-8,10-11,13-16H2,1-6H3,(H,28,29)/b12-9-,19-17+/t21-,22-,23+,24-/m0/s1. The van der Waals surface area contributed by atoms with E-state index in [-0.39, 0.29) is 29.4 Å². The maximum atomic E-state index is 10.6. The van der Waals surface area contributed by atoms with Gasteiger partial charge in [0.2, 0.25) is 0 Å². The van der Waals surface area contributed by atoms with Gasteiger partial charge in [-0.05, 0) is 43.8 Å². The van der Waals surface area contributed by atoms with E-state index in [4.69, 9.17) is 9.53 Å². The van der Waals surface area contributed by atoms with E-state index in [0.717, 1.165) is 19.3 Å². The Labute approximate surface area is 191 Å². The molecule has 0 amide bonds. The molecule has 0 aromatic heterocycles. The lowest BCUT2D eigenvalue weighted by Crippen LogP contribution is -2.43. The van der Waals surface area contributed by atoms with E-state index in [2.05, 4.69) is 65.1 Å². The monoisotopic (exact) mass is 450 g/mol. The summed E-state index contributed by atoms with van der Waals surface area (Å²) in [7, 11) is -1.85. The highest BCUT2D eigenvalue weighted by atomic mass is 28.4. The van der Waals surface area contributed by atoms with Crippen molar-refractivity contribution >= 4 is 14.3 Å². The smallest absolute Gasteiger partial charge is 0.303 e. The molecule has 5 heteroatoms. The normalized spacial score (nSPS) is 23.3. The van der Waals surface area contributed by atoms with Gasteiger partial charge in [0.15, 0.2) is 8.32 Å². The van der Waals surface area contributed by atoms with Crippen LogP contribution in [0.1, 0.15) is 79.1 Å². The van der Waals surface area contributed by atoms with Crippen LogP contribution < -0.4 is 0 Å². The molecule has 1 aliphatic rings. The lowest BCUT2D eigenvalue weighted by molar-refractivity contribution is -0.137. The van der Waals surface area contributed by atoms with Gasteiger partial charge < -0.3 is 14.6 Å². The van der Waals surface area contributed by atoms with Crippen molar-refractivity contribution in [3.8, 4) is 0 Å².